The number of urea groups is 1. The molecular weight excluding hydrogens is 550 g/mol. The number of phenols is 1. The number of carbonyl (C=O) groups excluding carboxylic acids is 2. The van der Waals surface area contributed by atoms with Crippen LogP contribution in [0.2, 0.25) is 10.0 Å². The Balaban J connectivity index is 1.53. The number of sulfonamides is 1. The molecule has 10 nitrogen and oxygen atoms in total. The molecule has 3 N–H and O–H groups in total. The fraction of sp³-hybridized carbons (Fsp3) is 0.391. The van der Waals surface area contributed by atoms with E-state index >= 15 is 0 Å². The van der Waals surface area contributed by atoms with Gasteiger partial charge in [-0.3, -0.25) is 0 Å². The topological polar surface area (TPSA) is 128 Å². The van der Waals surface area contributed by atoms with Gasteiger partial charge in [0.25, 0.3) is 0 Å². The number of nitrogens with zero attached hydrogens (tertiary/aromatic N) is 2. The number of hydrogen-bond acceptors (Lipinski definition) is 6. The van der Waals surface area contributed by atoms with E-state index in [1.165, 1.54) is 33.5 Å². The summed E-state index contributed by atoms with van der Waals surface area (Å²) in [5, 5.41) is 14.9. The number of ether oxygens (including phenoxy) is 1. The maximum Gasteiger partial charge on any atom is 0.410 e. The Labute approximate surface area is 223 Å². The molecule has 1 unspecified atom stereocenters. The lowest BCUT2D eigenvalue weighted by Crippen LogP contribution is -2.51. The Morgan fingerprint density at radius 3 is 2.38 bits per heavy atom. The molecule has 2 atom stereocenters. The number of carbonyl (C=O) groups is 2. The third kappa shape index (κ3) is 5.42. The number of benzene rings is 2. The summed E-state index contributed by atoms with van der Waals surface area (Å²) in [5.41, 5.74) is -0.958. The summed E-state index contributed by atoms with van der Waals surface area (Å²) >= 11 is 12.0. The van der Waals surface area contributed by atoms with E-state index in [0.717, 1.165) is 6.07 Å². The number of piperazine rings is 1. The quantitative estimate of drug-likeness (QED) is 0.447. The van der Waals surface area contributed by atoms with E-state index in [1.54, 1.807) is 20.8 Å². The standard InChI is InChI=1S/C23H25Cl2FN4O6S/c1-23(2,3)36-22(33)29-10-13-9-12(29)11-30(13)37(34,35)20-14(24)7-8-17(19(20)31)28-21(32)27-16-6-4-5-15(26)18(16)25/h4-8,12-13,31H,9-11H2,1-3H3,(H2,27,28,32)/t12?,13-/m1/s1. The average molecular weight is 575 g/mol. The normalized spacial score (nSPS) is 19.7. The molecule has 14 heteroatoms. The summed E-state index contributed by atoms with van der Waals surface area (Å²) in [6.07, 6.45) is -0.112. The average Bonchev–Trinajstić information content (AvgIpc) is 3.39. The number of rotatable bonds is 4. The fourth-order valence-corrected chi connectivity index (χ4v) is 6.79. The van der Waals surface area contributed by atoms with Gasteiger partial charge in [-0.25, -0.2) is 22.4 Å². The zero-order chi connectivity index (χ0) is 27.3. The maximum absolute atomic E-state index is 13.6. The third-order valence-electron chi connectivity index (χ3n) is 5.92. The number of nitrogens with one attached hydrogen (secondary N) is 2. The van der Waals surface area contributed by atoms with E-state index in [0.29, 0.717) is 6.42 Å². The molecule has 200 valence electrons. The van der Waals surface area contributed by atoms with Crippen LogP contribution in [0.1, 0.15) is 27.2 Å². The van der Waals surface area contributed by atoms with Crippen molar-refractivity contribution in [3.63, 3.8) is 0 Å². The molecule has 0 saturated carbocycles. The van der Waals surface area contributed by atoms with Crippen LogP contribution in [0, 0.1) is 5.82 Å². The number of halogens is 3. The lowest BCUT2D eigenvalue weighted by Gasteiger charge is -2.34. The molecule has 2 bridgehead atoms. The second-order valence-electron chi connectivity index (χ2n) is 9.70. The summed E-state index contributed by atoms with van der Waals surface area (Å²) in [7, 11) is -4.31. The Morgan fingerprint density at radius 2 is 1.76 bits per heavy atom. The number of fused-ring (bicyclic) bond motifs is 2. The Hall–Kier alpha value is -2.80. The SMILES string of the molecule is CC(C)(C)OC(=O)N1C[C@H]2CC1CN2S(=O)(=O)c1c(Cl)ccc(NC(=O)Nc2cccc(F)c2Cl)c1O. The highest BCUT2D eigenvalue weighted by molar-refractivity contribution is 7.89. The van der Waals surface area contributed by atoms with E-state index in [-0.39, 0.29) is 34.5 Å². The van der Waals surface area contributed by atoms with Crippen molar-refractivity contribution in [3.05, 3.63) is 46.2 Å². The number of amides is 3. The molecule has 0 aromatic heterocycles. The Kier molecular flexibility index (Phi) is 7.23. The van der Waals surface area contributed by atoms with Crippen molar-refractivity contribution >= 4 is 56.7 Å². The van der Waals surface area contributed by atoms with Crippen molar-refractivity contribution in [3.8, 4) is 5.75 Å². The van der Waals surface area contributed by atoms with Gasteiger partial charge in [0, 0.05) is 19.1 Å². The Morgan fingerprint density at radius 1 is 1.08 bits per heavy atom. The minimum absolute atomic E-state index is 0.00176. The van der Waals surface area contributed by atoms with Crippen molar-refractivity contribution < 1.29 is 32.2 Å². The summed E-state index contributed by atoms with van der Waals surface area (Å²) in [4.78, 5) is 25.9. The molecule has 2 fully saturated rings. The van der Waals surface area contributed by atoms with Gasteiger partial charge < -0.3 is 25.4 Å². The van der Waals surface area contributed by atoms with Crippen LogP contribution in [0.5, 0.6) is 5.75 Å². The molecule has 2 aliphatic heterocycles. The molecule has 0 aliphatic carbocycles. The van der Waals surface area contributed by atoms with Crippen molar-refractivity contribution in [2.75, 3.05) is 23.7 Å². The van der Waals surface area contributed by atoms with Crippen molar-refractivity contribution in [2.24, 2.45) is 0 Å². The first-order chi connectivity index (χ1) is 17.2. The molecule has 2 heterocycles. The highest BCUT2D eigenvalue weighted by Gasteiger charge is 2.51. The number of anilines is 2. The summed E-state index contributed by atoms with van der Waals surface area (Å²) < 4.78 is 47.3. The second-order valence-corrected chi connectivity index (χ2v) is 12.3. The van der Waals surface area contributed by atoms with Crippen LogP contribution in [0.4, 0.5) is 25.4 Å². The smallest absolute Gasteiger partial charge is 0.410 e. The molecule has 0 radical (unpaired) electrons. The van der Waals surface area contributed by atoms with Crippen molar-refractivity contribution in [1.29, 1.82) is 0 Å². The van der Waals surface area contributed by atoms with E-state index in [2.05, 4.69) is 10.6 Å². The zero-order valence-corrected chi connectivity index (χ0v) is 22.4. The summed E-state index contributed by atoms with van der Waals surface area (Å²) in [5.74, 6) is -1.51. The first-order valence-electron chi connectivity index (χ1n) is 11.2. The van der Waals surface area contributed by atoms with Crippen LogP contribution in [-0.4, -0.2) is 65.6 Å². The van der Waals surface area contributed by atoms with Crippen LogP contribution in [0.15, 0.2) is 35.2 Å². The van der Waals surface area contributed by atoms with Gasteiger partial charge in [-0.1, -0.05) is 29.3 Å². The lowest BCUT2D eigenvalue weighted by molar-refractivity contribution is 0.0172. The molecule has 2 aromatic rings. The maximum atomic E-state index is 13.6. The van der Waals surface area contributed by atoms with Gasteiger partial charge in [-0.05, 0) is 51.5 Å². The van der Waals surface area contributed by atoms with Crippen molar-refractivity contribution in [2.45, 2.75) is 49.8 Å². The molecule has 0 spiro atoms. The van der Waals surface area contributed by atoms with Crippen LogP contribution >= 0.6 is 23.2 Å². The van der Waals surface area contributed by atoms with Crippen LogP contribution in [-0.2, 0) is 14.8 Å². The third-order valence-corrected chi connectivity index (χ3v) is 8.72. The lowest BCUT2D eigenvalue weighted by atomic mass is 10.2. The van der Waals surface area contributed by atoms with Gasteiger partial charge in [-0.15, -0.1) is 0 Å². The van der Waals surface area contributed by atoms with Gasteiger partial charge in [0.2, 0.25) is 10.0 Å². The van der Waals surface area contributed by atoms with Crippen LogP contribution < -0.4 is 10.6 Å². The molecule has 37 heavy (non-hydrogen) atoms. The highest BCUT2D eigenvalue weighted by atomic mass is 35.5. The number of aromatic hydroxyl groups is 1. The molecule has 2 aliphatic rings. The Bertz CT molecular complexity index is 1370. The number of hydrogen-bond donors (Lipinski definition) is 3. The molecule has 2 aromatic carbocycles. The van der Waals surface area contributed by atoms with Gasteiger partial charge in [0.05, 0.1) is 27.5 Å². The van der Waals surface area contributed by atoms with E-state index in [4.69, 9.17) is 27.9 Å². The first-order valence-corrected chi connectivity index (χ1v) is 13.4. The first kappa shape index (κ1) is 27.2. The van der Waals surface area contributed by atoms with Crippen LogP contribution in [0.3, 0.4) is 0 Å². The van der Waals surface area contributed by atoms with E-state index in [1.807, 2.05) is 0 Å². The van der Waals surface area contributed by atoms with Gasteiger partial charge >= 0.3 is 12.1 Å². The van der Waals surface area contributed by atoms with Gasteiger partial charge in [0.15, 0.2) is 5.75 Å². The predicted molar refractivity (Wildman–Crippen MR) is 136 cm³/mol. The highest BCUT2D eigenvalue weighted by Crippen LogP contribution is 2.42. The zero-order valence-electron chi connectivity index (χ0n) is 20.1. The van der Waals surface area contributed by atoms with Gasteiger partial charge in [0.1, 0.15) is 16.3 Å². The summed E-state index contributed by atoms with van der Waals surface area (Å²) in [6, 6.07) is 4.45. The molecule has 4 rings (SSSR count). The van der Waals surface area contributed by atoms with Crippen molar-refractivity contribution in [1.82, 2.24) is 9.21 Å². The minimum atomic E-state index is -4.31. The molecule has 2 saturated heterocycles. The number of phenolic OH excluding ortho intramolecular Hbond substituents is 1. The monoisotopic (exact) mass is 574 g/mol. The fourth-order valence-electron chi connectivity index (χ4n) is 4.36. The predicted octanol–water partition coefficient (Wildman–Crippen LogP) is 4.86. The molecule has 3 amide bonds. The largest absolute Gasteiger partial charge is 0.504 e. The molecular formula is C23H25Cl2FN4O6S. The minimum Gasteiger partial charge on any atom is -0.504 e. The van der Waals surface area contributed by atoms with E-state index in [9.17, 15) is 27.5 Å². The van der Waals surface area contributed by atoms with E-state index < -0.39 is 56.3 Å². The number of likely N-dealkylation sites (tertiary alicyclic amines) is 1. The van der Waals surface area contributed by atoms with Gasteiger partial charge in [-0.2, -0.15) is 4.31 Å². The second kappa shape index (κ2) is 9.82. The summed E-state index contributed by atoms with van der Waals surface area (Å²) in [6.45, 7) is 5.36. The van der Waals surface area contributed by atoms with Crippen LogP contribution in [0.25, 0.3) is 0 Å².